The Morgan fingerprint density at radius 1 is 1.00 bits per heavy atom. The molecule has 2 aliphatic carbocycles. The summed E-state index contributed by atoms with van der Waals surface area (Å²) in [7, 11) is 0. The number of amides is 1. The minimum Gasteiger partial charge on any atom is -0.325 e. The van der Waals surface area contributed by atoms with Crippen molar-refractivity contribution >= 4 is 58.1 Å². The predicted molar refractivity (Wildman–Crippen MR) is 132 cm³/mol. The molecule has 4 rings (SSSR count). The minimum atomic E-state index is -0.681. The first-order valence-corrected chi connectivity index (χ1v) is 11.9. The normalized spacial score (nSPS) is 26.5. The summed E-state index contributed by atoms with van der Waals surface area (Å²) in [5, 5.41) is 8.52. The molecule has 1 amide bonds. The van der Waals surface area contributed by atoms with Crippen molar-refractivity contribution in [3.8, 4) is 0 Å². The molecule has 174 valence electrons. The minimum absolute atomic E-state index is 0.0705. The molecule has 0 saturated heterocycles. The van der Waals surface area contributed by atoms with Gasteiger partial charge in [-0.05, 0) is 61.1 Å². The number of halogens is 3. The van der Waals surface area contributed by atoms with Gasteiger partial charge in [0.05, 0.1) is 21.7 Å². The first-order chi connectivity index (χ1) is 15.4. The van der Waals surface area contributed by atoms with E-state index in [4.69, 9.17) is 39.6 Å². The van der Waals surface area contributed by atoms with Gasteiger partial charge in [-0.3, -0.25) is 4.79 Å². The fraction of sp³-hybridized carbons (Fsp3) is 0.400. The van der Waals surface area contributed by atoms with Gasteiger partial charge in [0.2, 0.25) is 5.91 Å². The molecule has 8 heteroatoms. The molecule has 0 aromatic heterocycles. The zero-order valence-electron chi connectivity index (χ0n) is 18.9. The highest BCUT2D eigenvalue weighted by Crippen LogP contribution is 2.71. The second-order valence-electron chi connectivity index (χ2n) is 9.67. The van der Waals surface area contributed by atoms with Crippen LogP contribution in [0.3, 0.4) is 0 Å². The average Bonchev–Trinajstić information content (AvgIpc) is 3.05. The molecule has 1 N–H and O–H groups in total. The van der Waals surface area contributed by atoms with Gasteiger partial charge in [-0.2, -0.15) is 0 Å². The van der Waals surface area contributed by atoms with Crippen molar-refractivity contribution in [3.05, 3.63) is 62.6 Å². The lowest BCUT2D eigenvalue weighted by Crippen LogP contribution is -2.43. The predicted octanol–water partition coefficient (Wildman–Crippen LogP) is 7.32. The van der Waals surface area contributed by atoms with Crippen LogP contribution in [0.5, 0.6) is 0 Å². The molecule has 2 aromatic rings. The van der Waals surface area contributed by atoms with Gasteiger partial charge in [0.25, 0.3) is 0 Å². The highest BCUT2D eigenvalue weighted by Gasteiger charge is 2.71. The maximum Gasteiger partial charge on any atom is 0.367 e. The summed E-state index contributed by atoms with van der Waals surface area (Å²) < 4.78 is 0. The van der Waals surface area contributed by atoms with E-state index in [0.717, 1.165) is 18.4 Å². The van der Waals surface area contributed by atoms with E-state index in [1.807, 2.05) is 13.0 Å². The molecule has 33 heavy (non-hydrogen) atoms. The van der Waals surface area contributed by atoms with Crippen LogP contribution in [0.2, 0.25) is 15.1 Å². The third-order valence-corrected chi connectivity index (χ3v) is 8.79. The highest BCUT2D eigenvalue weighted by atomic mass is 35.5. The summed E-state index contributed by atoms with van der Waals surface area (Å²) >= 11 is 18.2. The first-order valence-electron chi connectivity index (χ1n) is 10.7. The van der Waals surface area contributed by atoms with Crippen molar-refractivity contribution < 1.29 is 14.4 Å². The number of aryl methyl sites for hydroxylation is 1. The Bertz CT molecular complexity index is 1190. The van der Waals surface area contributed by atoms with Crippen molar-refractivity contribution in [2.24, 2.45) is 21.4 Å². The number of rotatable bonds is 4. The molecular weight excluding hydrogens is 483 g/mol. The van der Waals surface area contributed by atoms with E-state index in [-0.39, 0.29) is 16.5 Å². The summed E-state index contributed by atoms with van der Waals surface area (Å²) in [5.41, 5.74) is 1.04. The molecular formula is C25H25Cl3N2O3. The molecule has 0 heterocycles. The highest BCUT2D eigenvalue weighted by molar-refractivity contribution is 6.36. The number of benzene rings is 2. The maximum absolute atomic E-state index is 13.7. The Kier molecular flexibility index (Phi) is 6.05. The number of anilines is 1. The number of hydrogen-bond acceptors (Lipinski definition) is 4. The van der Waals surface area contributed by atoms with Crippen molar-refractivity contribution in [1.82, 2.24) is 0 Å². The lowest BCUT2D eigenvalue weighted by Gasteiger charge is -2.39. The average molecular weight is 508 g/mol. The van der Waals surface area contributed by atoms with Gasteiger partial charge in [0.15, 0.2) is 0 Å². The molecule has 2 unspecified atom stereocenters. The Labute approximate surface area is 208 Å². The molecule has 2 fully saturated rings. The number of fused-ring (bicyclic) bond motifs is 2. The molecule has 0 aliphatic heterocycles. The van der Waals surface area contributed by atoms with Gasteiger partial charge in [-0.1, -0.05) is 66.8 Å². The number of hydrogen-bond donors (Lipinski definition) is 1. The van der Waals surface area contributed by atoms with E-state index in [9.17, 15) is 9.59 Å². The van der Waals surface area contributed by atoms with E-state index in [0.29, 0.717) is 27.9 Å². The number of carbonyl (C=O) groups excluding carboxylic acids is 2. The van der Waals surface area contributed by atoms with Crippen LogP contribution in [0.15, 0.2) is 41.6 Å². The first kappa shape index (κ1) is 24.1. The Balaban J connectivity index is 1.61. The largest absolute Gasteiger partial charge is 0.367 e. The fourth-order valence-electron chi connectivity index (χ4n) is 5.29. The lowest BCUT2D eigenvalue weighted by atomic mass is 9.64. The van der Waals surface area contributed by atoms with Gasteiger partial charge < -0.3 is 10.2 Å². The number of oxime groups is 1. The zero-order chi connectivity index (χ0) is 24.2. The van der Waals surface area contributed by atoms with Crippen molar-refractivity contribution in [2.75, 3.05) is 5.32 Å². The smallest absolute Gasteiger partial charge is 0.325 e. The second-order valence-corrected chi connectivity index (χ2v) is 11.0. The SMILES string of the molecule is Cc1ccc(Cl)cc1NC(=O)C12CCC(C)(/C(=N\OC(=O)c3ccc(Cl)cc3Cl)C1)C2(C)C. The van der Waals surface area contributed by atoms with Crippen LogP contribution < -0.4 is 5.32 Å². The third kappa shape index (κ3) is 3.74. The van der Waals surface area contributed by atoms with E-state index in [1.54, 1.807) is 18.2 Å². The fourth-order valence-corrected chi connectivity index (χ4v) is 5.95. The van der Waals surface area contributed by atoms with E-state index in [2.05, 4.69) is 31.2 Å². The summed E-state index contributed by atoms with van der Waals surface area (Å²) in [6.45, 7) is 8.19. The van der Waals surface area contributed by atoms with Crippen LogP contribution in [0.1, 0.15) is 56.0 Å². The van der Waals surface area contributed by atoms with Gasteiger partial charge in [0.1, 0.15) is 0 Å². The molecule has 2 bridgehead atoms. The molecule has 2 aromatic carbocycles. The monoisotopic (exact) mass is 506 g/mol. The molecule has 5 nitrogen and oxygen atoms in total. The van der Waals surface area contributed by atoms with Crippen molar-refractivity contribution in [3.63, 3.8) is 0 Å². The second kappa shape index (κ2) is 8.30. The van der Waals surface area contributed by atoms with Gasteiger partial charge >= 0.3 is 5.97 Å². The van der Waals surface area contributed by atoms with Crippen molar-refractivity contribution in [1.29, 1.82) is 0 Å². The molecule has 0 radical (unpaired) electrons. The van der Waals surface area contributed by atoms with E-state index >= 15 is 0 Å². The maximum atomic E-state index is 13.7. The Morgan fingerprint density at radius 2 is 1.67 bits per heavy atom. The topological polar surface area (TPSA) is 67.8 Å². The van der Waals surface area contributed by atoms with Crippen LogP contribution in [0, 0.1) is 23.2 Å². The number of carbonyl (C=O) groups is 2. The Hall–Kier alpha value is -2.08. The van der Waals surface area contributed by atoms with Gasteiger partial charge in [0, 0.05) is 27.6 Å². The lowest BCUT2D eigenvalue weighted by molar-refractivity contribution is -0.130. The number of nitrogens with zero attached hydrogens (tertiary/aromatic N) is 1. The van der Waals surface area contributed by atoms with Crippen molar-refractivity contribution in [2.45, 2.75) is 47.0 Å². The van der Waals surface area contributed by atoms with E-state index in [1.165, 1.54) is 12.1 Å². The standard InChI is InChI=1S/C25H25Cl3N2O3/c1-14-5-6-16(27)12-19(14)29-22(32)25-10-9-24(4,23(25,2)3)20(13-25)30-33-21(31)17-8-7-15(26)11-18(17)28/h5-8,11-12H,9-10,13H2,1-4H3,(H,29,32)/b30-20-. The van der Waals surface area contributed by atoms with Crippen LogP contribution >= 0.6 is 34.8 Å². The summed E-state index contributed by atoms with van der Waals surface area (Å²) in [4.78, 5) is 31.5. The third-order valence-electron chi connectivity index (χ3n) is 8.01. The number of nitrogens with one attached hydrogen (secondary N) is 1. The van der Waals surface area contributed by atoms with Crippen LogP contribution in [0.25, 0.3) is 0 Å². The summed E-state index contributed by atoms with van der Waals surface area (Å²) in [6, 6.07) is 9.98. The quantitative estimate of drug-likeness (QED) is 0.348. The van der Waals surface area contributed by atoms with Gasteiger partial charge in [-0.15, -0.1) is 0 Å². The van der Waals surface area contributed by atoms with E-state index < -0.39 is 22.2 Å². The van der Waals surface area contributed by atoms with Crippen LogP contribution in [-0.4, -0.2) is 17.6 Å². The summed E-state index contributed by atoms with van der Waals surface area (Å²) in [5.74, 6) is -0.736. The van der Waals surface area contributed by atoms with Gasteiger partial charge in [-0.25, -0.2) is 4.79 Å². The zero-order valence-corrected chi connectivity index (χ0v) is 21.2. The molecule has 2 atom stereocenters. The Morgan fingerprint density at radius 3 is 2.36 bits per heavy atom. The molecule has 0 spiro atoms. The van der Waals surface area contributed by atoms with Crippen LogP contribution in [0.4, 0.5) is 5.69 Å². The summed E-state index contributed by atoms with van der Waals surface area (Å²) in [6.07, 6.45) is 1.89. The van der Waals surface area contributed by atoms with Crippen LogP contribution in [-0.2, 0) is 9.63 Å². The molecule has 2 saturated carbocycles. The molecule has 2 aliphatic rings.